The Balaban J connectivity index is 0.000000318. The van der Waals surface area contributed by atoms with Crippen molar-refractivity contribution in [1.29, 1.82) is 0 Å². The van der Waals surface area contributed by atoms with Crippen LogP contribution in [0.25, 0.3) is 31.4 Å². The van der Waals surface area contributed by atoms with E-state index in [0.717, 1.165) is 16.0 Å². The Hall–Kier alpha value is -2.40. The Kier molecular flexibility index (Phi) is 7.94. The van der Waals surface area contributed by atoms with Crippen molar-refractivity contribution in [3.63, 3.8) is 0 Å². The third-order valence-electron chi connectivity index (χ3n) is 5.29. The summed E-state index contributed by atoms with van der Waals surface area (Å²) in [6.45, 7) is 2.85. The van der Waals surface area contributed by atoms with Gasteiger partial charge < -0.3 is 10.1 Å². The first kappa shape index (κ1) is 24.2. The number of rotatable bonds is 2. The maximum Gasteiger partial charge on any atom is 0.155 e. The monoisotopic (exact) mass is 625 g/mol. The van der Waals surface area contributed by atoms with Crippen molar-refractivity contribution >= 4 is 37.3 Å². The van der Waals surface area contributed by atoms with E-state index in [0.29, 0.717) is 0 Å². The van der Waals surface area contributed by atoms with Gasteiger partial charge in [-0.25, -0.2) is 0 Å². The zero-order valence-corrected chi connectivity index (χ0v) is 21.1. The van der Waals surface area contributed by atoms with Crippen LogP contribution in [-0.2, 0) is 37.7 Å². The molecular weight excluding hydrogens is 602 g/mol. The topological polar surface area (TPSA) is 50.2 Å². The summed E-state index contributed by atoms with van der Waals surface area (Å²) in [7, 11) is 0. The van der Waals surface area contributed by atoms with E-state index in [9.17, 15) is 9.18 Å². The second kappa shape index (κ2) is 10.5. The average molecular weight is 625 g/mol. The van der Waals surface area contributed by atoms with Gasteiger partial charge in [-0.15, -0.1) is 41.2 Å². The minimum atomic E-state index is -0.269. The van der Waals surface area contributed by atoms with Crippen molar-refractivity contribution < 1.29 is 34.4 Å². The minimum Gasteiger partial charge on any atom is -0.512 e. The molecule has 32 heavy (non-hydrogen) atoms. The van der Waals surface area contributed by atoms with E-state index in [4.69, 9.17) is 5.11 Å². The van der Waals surface area contributed by atoms with Gasteiger partial charge in [0, 0.05) is 53.3 Å². The smallest absolute Gasteiger partial charge is 0.155 e. The van der Waals surface area contributed by atoms with Crippen molar-refractivity contribution in [1.82, 2.24) is 4.98 Å². The molecule has 0 aliphatic heterocycles. The van der Waals surface area contributed by atoms with E-state index in [1.165, 1.54) is 84.3 Å². The number of hydrogen-bond acceptors (Lipinski definition) is 4. The van der Waals surface area contributed by atoms with Gasteiger partial charge in [0.05, 0.1) is 5.76 Å². The number of carbonyl (C=O) groups is 1. The van der Waals surface area contributed by atoms with Gasteiger partial charge in [-0.3, -0.25) is 9.18 Å². The molecule has 0 amide bonds. The van der Waals surface area contributed by atoms with Crippen molar-refractivity contribution in [3.05, 3.63) is 77.4 Å². The van der Waals surface area contributed by atoms with Crippen LogP contribution in [0, 0.1) is 11.9 Å². The molecule has 1 aliphatic carbocycles. The number of pyridine rings is 1. The van der Waals surface area contributed by atoms with E-state index in [1.807, 2.05) is 6.20 Å². The van der Waals surface area contributed by atoms with Crippen LogP contribution >= 0.6 is 11.3 Å². The molecule has 0 atom stereocenters. The summed E-state index contributed by atoms with van der Waals surface area (Å²) in [5.41, 5.74) is 4.74. The maximum atomic E-state index is 13.2. The number of halogens is 1. The summed E-state index contributed by atoms with van der Waals surface area (Å²) in [4.78, 5) is 14.6. The van der Waals surface area contributed by atoms with E-state index in [2.05, 4.69) is 29.2 Å². The number of allylic oxidation sites excluding steroid dienone is 2. The van der Waals surface area contributed by atoms with Gasteiger partial charge >= 0.3 is 0 Å². The fourth-order valence-corrected chi connectivity index (χ4v) is 5.22. The van der Waals surface area contributed by atoms with Crippen LogP contribution in [0.2, 0.25) is 0 Å². The van der Waals surface area contributed by atoms with E-state index >= 15 is 0 Å². The van der Waals surface area contributed by atoms with Crippen LogP contribution in [0.15, 0.2) is 54.4 Å². The Bertz CT molecular complexity index is 1290. The van der Waals surface area contributed by atoms with Crippen LogP contribution in [0.4, 0.5) is 4.39 Å². The molecule has 1 N–H and O–H groups in total. The van der Waals surface area contributed by atoms with Gasteiger partial charge in [0.25, 0.3) is 0 Å². The molecule has 1 radical (unpaired) electrons. The van der Waals surface area contributed by atoms with E-state index in [1.54, 1.807) is 17.4 Å². The number of aromatic nitrogens is 1. The first-order chi connectivity index (χ1) is 14.9. The molecule has 2 heterocycles. The molecule has 2 aromatic carbocycles. The summed E-state index contributed by atoms with van der Waals surface area (Å²) < 4.78 is 15.7. The molecule has 1 aliphatic rings. The first-order valence-electron chi connectivity index (χ1n) is 10.3. The molecule has 5 rings (SSSR count). The normalized spacial score (nSPS) is 13.2. The third kappa shape index (κ3) is 5.32. The van der Waals surface area contributed by atoms with Crippen molar-refractivity contribution in [2.24, 2.45) is 0 Å². The fourth-order valence-electron chi connectivity index (χ4n) is 3.97. The Morgan fingerprint density at radius 2 is 1.84 bits per heavy atom. The van der Waals surface area contributed by atoms with Crippen LogP contribution in [-0.4, -0.2) is 15.9 Å². The molecule has 0 saturated carbocycles. The fraction of sp³-hybridized carbons (Fsp3) is 0.231. The number of nitrogens with zero attached hydrogens (tertiary/aromatic N) is 1. The molecule has 0 bridgehead atoms. The summed E-state index contributed by atoms with van der Waals surface area (Å²) in [5, 5.41) is 10.9. The zero-order valence-electron chi connectivity index (χ0n) is 17.9. The van der Waals surface area contributed by atoms with E-state index in [-0.39, 0.29) is 37.5 Å². The summed E-state index contributed by atoms with van der Waals surface area (Å²) >= 11 is 1.78. The molecule has 4 aromatic rings. The molecule has 0 fully saturated rings. The standard InChI is InChI=1S/C21H15FNS.C5H8O2.Ir/c22-16-7-5-13(6-8-16)20-21-17(9-10-23-20)18-11-14-3-1-2-4-15(14)12-19(18)24-21;1-4(6)3-5(2)7;/h5,7-12H,1-4H2;3,6H,1-2H3;/q-1;;/b;4-3-;. The largest absolute Gasteiger partial charge is 0.512 e. The first-order valence-corrected chi connectivity index (χ1v) is 11.1. The number of fused-ring (bicyclic) bond motifs is 4. The molecule has 167 valence electrons. The summed E-state index contributed by atoms with van der Waals surface area (Å²) in [5.74, 6) is -0.331. The van der Waals surface area contributed by atoms with Crippen LogP contribution in [0.1, 0.15) is 37.8 Å². The van der Waals surface area contributed by atoms with Crippen LogP contribution in [0.3, 0.4) is 0 Å². The Morgan fingerprint density at radius 1 is 1.12 bits per heavy atom. The van der Waals surface area contributed by atoms with Crippen molar-refractivity contribution in [2.75, 3.05) is 0 Å². The van der Waals surface area contributed by atoms with Gasteiger partial charge in [-0.1, -0.05) is 0 Å². The number of aliphatic hydroxyl groups is 1. The number of thiophene rings is 1. The number of carbonyl (C=O) groups excluding carboxylic acids is 1. The van der Waals surface area contributed by atoms with Gasteiger partial charge in [0.15, 0.2) is 5.78 Å². The van der Waals surface area contributed by atoms with Crippen LogP contribution in [0.5, 0.6) is 0 Å². The predicted molar refractivity (Wildman–Crippen MR) is 125 cm³/mol. The molecular formula is C26H23FIrNO2S-. The summed E-state index contributed by atoms with van der Waals surface area (Å²) in [6.07, 6.45) is 7.97. The molecule has 3 nitrogen and oxygen atoms in total. The molecule has 0 saturated heterocycles. The maximum absolute atomic E-state index is 13.2. The van der Waals surface area contributed by atoms with Gasteiger partial charge in [-0.2, -0.15) is 0 Å². The van der Waals surface area contributed by atoms with E-state index < -0.39 is 0 Å². The van der Waals surface area contributed by atoms with Gasteiger partial charge in [-0.05, 0) is 79.6 Å². The predicted octanol–water partition coefficient (Wildman–Crippen LogP) is 6.97. The SMILES string of the molecule is CC(=O)/C=C(/C)O.Fc1c[c-]c(-c2nccc3c2sc2cc4c(cc23)CCCC4)cc1.[Ir]. The second-order valence-electron chi connectivity index (χ2n) is 7.78. The third-order valence-corrected chi connectivity index (χ3v) is 6.47. The second-order valence-corrected chi connectivity index (χ2v) is 8.83. The van der Waals surface area contributed by atoms with Crippen LogP contribution < -0.4 is 0 Å². The zero-order chi connectivity index (χ0) is 22.0. The number of benzene rings is 2. The molecule has 0 unspecified atom stereocenters. The summed E-state index contributed by atoms with van der Waals surface area (Å²) in [6, 6.07) is 14.5. The molecule has 2 aromatic heterocycles. The average Bonchev–Trinajstić information content (AvgIpc) is 3.10. The van der Waals surface area contributed by atoms with Crippen molar-refractivity contribution in [3.8, 4) is 11.3 Å². The number of aryl methyl sites for hydroxylation is 2. The number of hydrogen-bond donors (Lipinski definition) is 1. The van der Waals surface area contributed by atoms with Crippen molar-refractivity contribution in [2.45, 2.75) is 39.5 Å². The minimum absolute atomic E-state index is 0. The quantitative estimate of drug-likeness (QED) is 0.149. The Morgan fingerprint density at radius 3 is 2.44 bits per heavy atom. The van der Waals surface area contributed by atoms with Gasteiger partial charge in [0.2, 0.25) is 0 Å². The number of ketones is 1. The van der Waals surface area contributed by atoms with Gasteiger partial charge in [0.1, 0.15) is 0 Å². The Labute approximate surface area is 204 Å². The molecule has 6 heteroatoms. The number of aliphatic hydroxyl groups excluding tert-OH is 1. The molecule has 0 spiro atoms.